The average Bonchev–Trinajstić information content (AvgIpc) is 3.56. The molecular formula is C26H30N2O4S. The van der Waals surface area contributed by atoms with E-state index < -0.39 is 6.04 Å². The van der Waals surface area contributed by atoms with Gasteiger partial charge in [0.1, 0.15) is 17.3 Å². The molecule has 6 nitrogen and oxygen atoms in total. The van der Waals surface area contributed by atoms with Crippen molar-refractivity contribution < 1.29 is 18.7 Å². The number of nitrogens with zero attached hydrogens (tertiary/aromatic N) is 1. The van der Waals surface area contributed by atoms with Gasteiger partial charge in [0.25, 0.3) is 5.91 Å². The van der Waals surface area contributed by atoms with Crippen molar-refractivity contribution in [1.82, 2.24) is 5.32 Å². The van der Waals surface area contributed by atoms with Crippen molar-refractivity contribution in [2.45, 2.75) is 58.0 Å². The summed E-state index contributed by atoms with van der Waals surface area (Å²) in [6, 6.07) is 12.3. The maximum absolute atomic E-state index is 13.8. The Morgan fingerprint density at radius 1 is 1.18 bits per heavy atom. The molecule has 0 spiro atoms. The molecule has 3 aromatic rings. The van der Waals surface area contributed by atoms with Crippen molar-refractivity contribution in [3.8, 4) is 5.75 Å². The number of carbonyl (C=O) groups excluding carboxylic acids is 2. The molecule has 1 atom stereocenters. The highest BCUT2D eigenvalue weighted by atomic mass is 32.1. The quantitative estimate of drug-likeness (QED) is 0.486. The summed E-state index contributed by atoms with van der Waals surface area (Å²) in [4.78, 5) is 30.0. The van der Waals surface area contributed by atoms with Crippen molar-refractivity contribution in [3.63, 3.8) is 0 Å². The van der Waals surface area contributed by atoms with Crippen LogP contribution in [0.3, 0.4) is 0 Å². The van der Waals surface area contributed by atoms with E-state index in [1.807, 2.05) is 55.6 Å². The van der Waals surface area contributed by atoms with E-state index in [2.05, 4.69) is 5.32 Å². The number of benzene rings is 1. The minimum absolute atomic E-state index is 0.115. The Morgan fingerprint density at radius 3 is 2.61 bits per heavy atom. The average molecular weight is 467 g/mol. The second-order valence-corrected chi connectivity index (χ2v) is 9.57. The van der Waals surface area contributed by atoms with Gasteiger partial charge in [-0.15, -0.1) is 11.3 Å². The first-order valence-corrected chi connectivity index (χ1v) is 12.2. The zero-order valence-corrected chi connectivity index (χ0v) is 20.1. The Kier molecular flexibility index (Phi) is 7.18. The molecule has 2 aromatic heterocycles. The van der Waals surface area contributed by atoms with Gasteiger partial charge < -0.3 is 14.5 Å². The number of carbonyl (C=O) groups is 2. The topological polar surface area (TPSA) is 71.8 Å². The van der Waals surface area contributed by atoms with Crippen LogP contribution in [0.4, 0.5) is 5.69 Å². The third kappa shape index (κ3) is 5.30. The van der Waals surface area contributed by atoms with Crippen LogP contribution < -0.4 is 15.0 Å². The highest BCUT2D eigenvalue weighted by molar-refractivity contribution is 7.10. The Morgan fingerprint density at radius 2 is 1.97 bits per heavy atom. The van der Waals surface area contributed by atoms with Gasteiger partial charge in [0.2, 0.25) is 5.91 Å². The molecule has 1 N–H and O–H groups in total. The number of amides is 2. The molecule has 33 heavy (non-hydrogen) atoms. The summed E-state index contributed by atoms with van der Waals surface area (Å²) in [6.07, 6.45) is 4.28. The minimum Gasteiger partial charge on any atom is -0.495 e. The van der Waals surface area contributed by atoms with Crippen molar-refractivity contribution >= 4 is 28.8 Å². The standard InChI is InChI=1S/C26H30N2O4S/c1-17-10-12-22(31-3)21(15-17)28(24(29)16-20-9-6-14-33-20)25(23-13-11-18(2)32-23)26(30)27-19-7-4-5-8-19/h6,9-15,19,25H,4-5,7-8,16H2,1-3H3,(H,27,30). The van der Waals surface area contributed by atoms with Gasteiger partial charge in [-0.25, -0.2) is 0 Å². The molecule has 1 aliphatic carbocycles. The number of hydrogen-bond donors (Lipinski definition) is 1. The number of anilines is 1. The van der Waals surface area contributed by atoms with Crippen molar-refractivity contribution in [2.24, 2.45) is 0 Å². The molecule has 0 saturated heterocycles. The summed E-state index contributed by atoms with van der Waals surface area (Å²) in [7, 11) is 1.57. The predicted octanol–water partition coefficient (Wildman–Crippen LogP) is 5.34. The highest BCUT2D eigenvalue weighted by Crippen LogP contribution is 2.37. The van der Waals surface area contributed by atoms with Crippen LogP contribution >= 0.6 is 11.3 Å². The van der Waals surface area contributed by atoms with Crippen LogP contribution in [0.5, 0.6) is 5.75 Å². The van der Waals surface area contributed by atoms with E-state index in [9.17, 15) is 9.59 Å². The number of aryl methyl sites for hydroxylation is 2. The molecule has 1 saturated carbocycles. The van der Waals surface area contributed by atoms with E-state index in [-0.39, 0.29) is 24.3 Å². The molecule has 0 bridgehead atoms. The normalized spacial score (nSPS) is 14.8. The molecule has 1 aromatic carbocycles. The van der Waals surface area contributed by atoms with Crippen molar-refractivity contribution in [3.05, 3.63) is 69.8 Å². The first-order chi connectivity index (χ1) is 16.0. The number of rotatable bonds is 8. The molecular weight excluding hydrogens is 436 g/mol. The van der Waals surface area contributed by atoms with Crippen LogP contribution in [0.2, 0.25) is 0 Å². The fourth-order valence-electron chi connectivity index (χ4n) is 4.38. The van der Waals surface area contributed by atoms with E-state index in [4.69, 9.17) is 9.15 Å². The molecule has 1 aliphatic rings. The number of furan rings is 1. The summed E-state index contributed by atoms with van der Waals surface area (Å²) >= 11 is 1.52. The van der Waals surface area contributed by atoms with Gasteiger partial charge in [0, 0.05) is 10.9 Å². The lowest BCUT2D eigenvalue weighted by molar-refractivity contribution is -0.127. The summed E-state index contributed by atoms with van der Waals surface area (Å²) in [6.45, 7) is 3.79. The predicted molar refractivity (Wildman–Crippen MR) is 130 cm³/mol. The fraction of sp³-hybridized carbons (Fsp3) is 0.385. The molecule has 4 rings (SSSR count). The van der Waals surface area contributed by atoms with Gasteiger partial charge >= 0.3 is 0 Å². The second kappa shape index (κ2) is 10.3. The second-order valence-electron chi connectivity index (χ2n) is 8.54. The summed E-state index contributed by atoms with van der Waals surface area (Å²) in [5.41, 5.74) is 1.52. The zero-order chi connectivity index (χ0) is 23.4. The van der Waals surface area contributed by atoms with Crippen LogP contribution in [0.15, 0.2) is 52.3 Å². The monoisotopic (exact) mass is 466 g/mol. The molecule has 7 heteroatoms. The number of hydrogen-bond acceptors (Lipinski definition) is 5. The van der Waals surface area contributed by atoms with Crippen LogP contribution in [-0.2, 0) is 16.0 Å². The van der Waals surface area contributed by atoms with Crippen molar-refractivity contribution in [2.75, 3.05) is 12.0 Å². The first kappa shape index (κ1) is 23.1. The third-order valence-corrected chi connectivity index (χ3v) is 6.88. The van der Waals surface area contributed by atoms with Gasteiger partial charge in [-0.05, 0) is 68.0 Å². The van der Waals surface area contributed by atoms with Gasteiger partial charge in [-0.3, -0.25) is 14.5 Å². The zero-order valence-electron chi connectivity index (χ0n) is 19.3. The Balaban J connectivity index is 1.80. The first-order valence-electron chi connectivity index (χ1n) is 11.3. The Hall–Kier alpha value is -3.06. The molecule has 0 radical (unpaired) electrons. The van der Waals surface area contributed by atoms with Gasteiger partial charge in [-0.1, -0.05) is 25.0 Å². The maximum Gasteiger partial charge on any atom is 0.251 e. The van der Waals surface area contributed by atoms with E-state index in [0.717, 1.165) is 36.1 Å². The number of nitrogens with one attached hydrogen (secondary N) is 1. The lowest BCUT2D eigenvalue weighted by atomic mass is 10.1. The fourth-order valence-corrected chi connectivity index (χ4v) is 5.07. The molecule has 1 fully saturated rings. The molecule has 174 valence electrons. The molecule has 0 aliphatic heterocycles. The minimum atomic E-state index is -0.942. The van der Waals surface area contributed by atoms with Gasteiger partial charge in [-0.2, -0.15) is 0 Å². The maximum atomic E-state index is 13.8. The molecule has 2 heterocycles. The van der Waals surface area contributed by atoms with Crippen molar-refractivity contribution in [1.29, 1.82) is 0 Å². The Bertz CT molecular complexity index is 1100. The smallest absolute Gasteiger partial charge is 0.251 e. The number of methoxy groups -OCH3 is 1. The summed E-state index contributed by atoms with van der Waals surface area (Å²) in [5.74, 6) is 1.22. The van der Waals surface area contributed by atoms with Crippen LogP contribution in [-0.4, -0.2) is 25.0 Å². The van der Waals surface area contributed by atoms with Crippen LogP contribution in [0.25, 0.3) is 0 Å². The third-order valence-electron chi connectivity index (χ3n) is 6.01. The lowest BCUT2D eigenvalue weighted by Crippen LogP contribution is -2.46. The SMILES string of the molecule is COc1ccc(C)cc1N(C(=O)Cc1cccs1)C(C(=O)NC1CCCC1)c1ccc(C)o1. The van der Waals surface area contributed by atoms with E-state index in [1.54, 1.807) is 18.1 Å². The molecule has 2 amide bonds. The lowest BCUT2D eigenvalue weighted by Gasteiger charge is -2.32. The largest absolute Gasteiger partial charge is 0.495 e. The number of ether oxygens (including phenoxy) is 1. The van der Waals surface area contributed by atoms with Crippen LogP contribution in [0.1, 0.15) is 53.7 Å². The summed E-state index contributed by atoms with van der Waals surface area (Å²) < 4.78 is 11.5. The highest BCUT2D eigenvalue weighted by Gasteiger charge is 2.37. The molecule has 1 unspecified atom stereocenters. The van der Waals surface area contributed by atoms with E-state index in [1.165, 1.54) is 11.3 Å². The Labute approximate surface area is 198 Å². The summed E-state index contributed by atoms with van der Waals surface area (Å²) in [5, 5.41) is 5.12. The van der Waals surface area contributed by atoms with Crippen LogP contribution in [0, 0.1) is 13.8 Å². The number of thiophene rings is 1. The van der Waals surface area contributed by atoms with E-state index >= 15 is 0 Å². The van der Waals surface area contributed by atoms with E-state index in [0.29, 0.717) is 23.0 Å². The van der Waals surface area contributed by atoms with Gasteiger partial charge in [0.05, 0.1) is 19.2 Å². The van der Waals surface area contributed by atoms with Gasteiger partial charge in [0.15, 0.2) is 6.04 Å².